The van der Waals surface area contributed by atoms with Crippen molar-refractivity contribution in [3.63, 3.8) is 0 Å². The molecule has 174 valence electrons. The summed E-state index contributed by atoms with van der Waals surface area (Å²) in [6, 6.07) is 7.47. The van der Waals surface area contributed by atoms with E-state index >= 15 is 0 Å². The van der Waals surface area contributed by atoms with Crippen LogP contribution in [0.5, 0.6) is 0 Å². The first kappa shape index (κ1) is 23.5. The number of amides is 1. The van der Waals surface area contributed by atoms with Crippen molar-refractivity contribution >= 4 is 32.4 Å². The number of aryl methyl sites for hydroxylation is 3. The van der Waals surface area contributed by atoms with Crippen LogP contribution in [-0.4, -0.2) is 49.9 Å². The zero-order valence-electron chi connectivity index (χ0n) is 18.5. The molecule has 1 amide bonds. The van der Waals surface area contributed by atoms with E-state index in [1.165, 1.54) is 23.0 Å². The van der Waals surface area contributed by atoms with E-state index in [2.05, 4.69) is 29.4 Å². The molecule has 0 atom stereocenters. The first-order valence-corrected chi connectivity index (χ1v) is 12.7. The maximum Gasteiger partial charge on any atom is 0.257 e. The van der Waals surface area contributed by atoms with E-state index in [0.29, 0.717) is 5.13 Å². The van der Waals surface area contributed by atoms with E-state index < -0.39 is 26.6 Å². The van der Waals surface area contributed by atoms with Gasteiger partial charge < -0.3 is 4.74 Å². The molecule has 0 bridgehead atoms. The predicted molar refractivity (Wildman–Crippen MR) is 126 cm³/mol. The number of nitrogens with zero attached hydrogens (tertiary/aromatic N) is 2. The van der Waals surface area contributed by atoms with Crippen molar-refractivity contribution < 1.29 is 22.3 Å². The first-order chi connectivity index (χ1) is 15.7. The number of aromatic nitrogens is 1. The summed E-state index contributed by atoms with van der Waals surface area (Å²) in [5, 5.41) is 4.91. The molecule has 1 N–H and O–H groups in total. The van der Waals surface area contributed by atoms with Gasteiger partial charge >= 0.3 is 0 Å². The average Bonchev–Trinajstić information content (AvgIpc) is 3.25. The van der Waals surface area contributed by atoms with Gasteiger partial charge in [0.1, 0.15) is 10.7 Å². The number of thiazole rings is 1. The number of hydrogen-bond acceptors (Lipinski definition) is 6. The molecule has 1 saturated heterocycles. The van der Waals surface area contributed by atoms with Crippen LogP contribution in [0.3, 0.4) is 0 Å². The average molecular weight is 490 g/mol. The van der Waals surface area contributed by atoms with Gasteiger partial charge in [0.15, 0.2) is 5.13 Å². The highest BCUT2D eigenvalue weighted by Gasteiger charge is 2.30. The second kappa shape index (κ2) is 9.30. The van der Waals surface area contributed by atoms with Gasteiger partial charge in [-0.15, -0.1) is 11.3 Å². The summed E-state index contributed by atoms with van der Waals surface area (Å²) in [6.07, 6.45) is 0. The lowest BCUT2D eigenvalue weighted by Gasteiger charge is -2.26. The van der Waals surface area contributed by atoms with Crippen LogP contribution in [0.1, 0.15) is 27.0 Å². The molecular weight excluding hydrogens is 465 g/mol. The molecule has 1 aliphatic heterocycles. The van der Waals surface area contributed by atoms with E-state index in [1.54, 1.807) is 0 Å². The topological polar surface area (TPSA) is 88.6 Å². The summed E-state index contributed by atoms with van der Waals surface area (Å²) in [5.74, 6) is -1.47. The molecule has 1 aromatic heterocycles. The Bertz CT molecular complexity index is 1320. The van der Waals surface area contributed by atoms with Crippen molar-refractivity contribution in [3.8, 4) is 11.3 Å². The lowest BCUT2D eigenvalue weighted by atomic mass is 9.99. The normalized spacial score (nSPS) is 14.9. The smallest absolute Gasteiger partial charge is 0.257 e. The zero-order chi connectivity index (χ0) is 23.8. The van der Waals surface area contributed by atoms with Crippen molar-refractivity contribution in [2.75, 3.05) is 31.6 Å². The summed E-state index contributed by atoms with van der Waals surface area (Å²) in [4.78, 5) is 16.8. The molecule has 1 aliphatic rings. The Balaban J connectivity index is 1.57. The van der Waals surface area contributed by atoms with Crippen LogP contribution in [0.2, 0.25) is 0 Å². The SMILES string of the molecule is Cc1cc(C)c(-c2csc(NC(=O)c3ccc(F)c(S(=O)(=O)N4CCOCC4)c3)n2)cc1C. The number of carbonyl (C=O) groups excluding carboxylic acids is 1. The standard InChI is InChI=1S/C23H24FN3O4S2/c1-14-10-16(3)18(11-15(14)2)20-13-32-23(25-20)26-22(28)17-4-5-19(24)21(12-17)33(29,30)27-6-8-31-9-7-27/h4-5,10-13H,6-9H2,1-3H3,(H,25,26,28). The van der Waals surface area contributed by atoms with Crippen LogP contribution in [0.4, 0.5) is 9.52 Å². The van der Waals surface area contributed by atoms with Gasteiger partial charge in [-0.1, -0.05) is 6.07 Å². The molecule has 0 spiro atoms. The van der Waals surface area contributed by atoms with E-state index in [4.69, 9.17) is 4.74 Å². The molecule has 3 aromatic rings. The number of sulfonamides is 1. The minimum Gasteiger partial charge on any atom is -0.379 e. The molecule has 4 rings (SSSR count). The third-order valence-electron chi connectivity index (χ3n) is 5.62. The van der Waals surface area contributed by atoms with Gasteiger partial charge in [-0.2, -0.15) is 4.31 Å². The van der Waals surface area contributed by atoms with Crippen LogP contribution >= 0.6 is 11.3 Å². The molecule has 1 fully saturated rings. The Morgan fingerprint density at radius 1 is 1.09 bits per heavy atom. The van der Waals surface area contributed by atoms with Crippen molar-refractivity contribution in [3.05, 3.63) is 63.8 Å². The minimum atomic E-state index is -4.08. The maximum atomic E-state index is 14.4. The Morgan fingerprint density at radius 2 is 1.79 bits per heavy atom. The van der Waals surface area contributed by atoms with Crippen LogP contribution < -0.4 is 5.32 Å². The van der Waals surface area contributed by atoms with Gasteiger partial charge in [0.25, 0.3) is 5.91 Å². The molecule has 2 aromatic carbocycles. The Labute approximate surface area is 196 Å². The van der Waals surface area contributed by atoms with Crippen LogP contribution in [0.15, 0.2) is 40.6 Å². The lowest BCUT2D eigenvalue weighted by Crippen LogP contribution is -2.41. The molecule has 2 heterocycles. The van der Waals surface area contributed by atoms with Gasteiger partial charge in [0.2, 0.25) is 10.0 Å². The summed E-state index contributed by atoms with van der Waals surface area (Å²) in [6.45, 7) is 6.85. The second-order valence-electron chi connectivity index (χ2n) is 7.91. The zero-order valence-corrected chi connectivity index (χ0v) is 20.1. The number of halogens is 1. The molecule has 0 aliphatic carbocycles. The molecule has 33 heavy (non-hydrogen) atoms. The van der Waals surface area contributed by atoms with Gasteiger partial charge in [-0.25, -0.2) is 17.8 Å². The number of rotatable bonds is 5. The van der Waals surface area contributed by atoms with Gasteiger partial charge in [-0.3, -0.25) is 10.1 Å². The van der Waals surface area contributed by atoms with Crippen LogP contribution in [-0.2, 0) is 14.8 Å². The van der Waals surface area contributed by atoms with Crippen molar-refractivity contribution in [1.29, 1.82) is 0 Å². The first-order valence-electron chi connectivity index (χ1n) is 10.4. The fourth-order valence-electron chi connectivity index (χ4n) is 3.63. The van der Waals surface area contributed by atoms with Crippen molar-refractivity contribution in [2.45, 2.75) is 25.7 Å². The molecule has 7 nitrogen and oxygen atoms in total. The van der Waals surface area contributed by atoms with Crippen molar-refractivity contribution in [1.82, 2.24) is 9.29 Å². The number of anilines is 1. The molecule has 10 heteroatoms. The van der Waals surface area contributed by atoms with E-state index in [9.17, 15) is 17.6 Å². The summed E-state index contributed by atoms with van der Waals surface area (Å²) in [7, 11) is -4.08. The lowest BCUT2D eigenvalue weighted by molar-refractivity contribution is 0.0729. The maximum absolute atomic E-state index is 14.4. The minimum absolute atomic E-state index is 0.0299. The number of benzene rings is 2. The Morgan fingerprint density at radius 3 is 2.52 bits per heavy atom. The number of hydrogen-bond donors (Lipinski definition) is 1. The van der Waals surface area contributed by atoms with Crippen LogP contribution in [0, 0.1) is 26.6 Å². The number of carbonyl (C=O) groups is 1. The summed E-state index contributed by atoms with van der Waals surface area (Å²) in [5.41, 5.74) is 5.18. The van der Waals surface area contributed by atoms with Gasteiger partial charge in [0, 0.05) is 29.6 Å². The summed E-state index contributed by atoms with van der Waals surface area (Å²) < 4.78 is 46.5. The molecule has 0 saturated carbocycles. The molecule has 0 radical (unpaired) electrons. The highest BCUT2D eigenvalue weighted by Crippen LogP contribution is 2.30. The largest absolute Gasteiger partial charge is 0.379 e. The number of ether oxygens (including phenoxy) is 1. The third-order valence-corrected chi connectivity index (χ3v) is 8.29. The Kier molecular flexibility index (Phi) is 6.62. The fourth-order valence-corrected chi connectivity index (χ4v) is 5.83. The molecule has 0 unspecified atom stereocenters. The predicted octanol–water partition coefficient (Wildman–Crippen LogP) is 4.15. The van der Waals surface area contributed by atoms with Crippen LogP contribution in [0.25, 0.3) is 11.3 Å². The number of nitrogens with one attached hydrogen (secondary N) is 1. The summed E-state index contributed by atoms with van der Waals surface area (Å²) >= 11 is 1.26. The van der Waals surface area contributed by atoms with E-state index in [1.807, 2.05) is 19.2 Å². The van der Waals surface area contributed by atoms with Gasteiger partial charge in [-0.05, 0) is 61.7 Å². The fraction of sp³-hybridized carbons (Fsp3) is 0.304. The van der Waals surface area contributed by atoms with E-state index in [-0.39, 0.29) is 31.9 Å². The van der Waals surface area contributed by atoms with E-state index in [0.717, 1.165) is 38.8 Å². The highest BCUT2D eigenvalue weighted by atomic mass is 32.2. The monoisotopic (exact) mass is 489 g/mol. The Hall–Kier alpha value is -2.66. The second-order valence-corrected chi connectivity index (χ2v) is 10.7. The third kappa shape index (κ3) is 4.84. The van der Waals surface area contributed by atoms with Gasteiger partial charge in [0.05, 0.1) is 18.9 Å². The quantitative estimate of drug-likeness (QED) is 0.582. The highest BCUT2D eigenvalue weighted by molar-refractivity contribution is 7.89. The molecular formula is C23H24FN3O4S2. The number of morpholine rings is 1. The van der Waals surface area contributed by atoms with Crippen molar-refractivity contribution in [2.24, 2.45) is 0 Å².